The van der Waals surface area contributed by atoms with Gasteiger partial charge >= 0.3 is 0 Å². The molecule has 2 N–H and O–H groups in total. The zero-order valence-electron chi connectivity index (χ0n) is 15.9. The third kappa shape index (κ3) is 3.45. The fraction of sp³-hybridized carbons (Fsp3) is 0.238. The van der Waals surface area contributed by atoms with Crippen molar-refractivity contribution in [2.75, 3.05) is 36.8 Å². The summed E-state index contributed by atoms with van der Waals surface area (Å²) in [5.74, 6) is -0.515. The fourth-order valence-corrected chi connectivity index (χ4v) is 4.84. The molecule has 0 atom stereocenters. The first kappa shape index (κ1) is 19.7. The molecule has 2 aromatic carbocycles. The first-order valence-corrected chi connectivity index (χ1v) is 10.4. The third-order valence-electron chi connectivity index (χ3n) is 5.23. The summed E-state index contributed by atoms with van der Waals surface area (Å²) in [7, 11) is 0. The molecule has 1 amide bonds. The number of nitrogen functional groups attached to an aromatic ring is 1. The lowest BCUT2D eigenvalue weighted by atomic mass is 9.98. The Hall–Kier alpha value is -2.64. The van der Waals surface area contributed by atoms with Crippen molar-refractivity contribution in [3.05, 3.63) is 53.3 Å². The van der Waals surface area contributed by atoms with Crippen LogP contribution in [0.3, 0.4) is 0 Å². The highest BCUT2D eigenvalue weighted by Gasteiger charge is 2.25. The van der Waals surface area contributed by atoms with Crippen molar-refractivity contribution in [3.8, 4) is 11.1 Å². The average molecular weight is 431 g/mol. The van der Waals surface area contributed by atoms with Gasteiger partial charge in [0.2, 0.25) is 5.91 Å². The van der Waals surface area contributed by atoms with Gasteiger partial charge in [0.05, 0.1) is 5.02 Å². The van der Waals surface area contributed by atoms with Crippen LogP contribution >= 0.6 is 23.1 Å². The molecule has 1 saturated heterocycles. The van der Waals surface area contributed by atoms with Gasteiger partial charge in [0, 0.05) is 42.8 Å². The highest BCUT2D eigenvalue weighted by Crippen LogP contribution is 2.42. The van der Waals surface area contributed by atoms with Gasteiger partial charge in [-0.05, 0) is 53.9 Å². The molecule has 0 bridgehead atoms. The summed E-state index contributed by atoms with van der Waals surface area (Å²) >= 11 is 7.78. The molecule has 3 aromatic rings. The van der Waals surface area contributed by atoms with Crippen molar-refractivity contribution in [1.82, 2.24) is 9.27 Å². The van der Waals surface area contributed by atoms with Gasteiger partial charge in [-0.3, -0.25) is 4.79 Å². The number of anilines is 2. The molecule has 0 radical (unpaired) electrons. The van der Waals surface area contributed by atoms with Crippen molar-refractivity contribution < 1.29 is 9.18 Å². The standard InChI is InChI=1S/C21H20ClFN4OS/c1-3-17(28)26-6-8-27(9-7-26)21-15-11-16(22)18(19(23)20(15)25-29-21)14-10-13(24)5-4-12(14)2/h3-5,10-11H,1,6-9,24H2,2H3. The molecule has 1 aliphatic rings. The van der Waals surface area contributed by atoms with Gasteiger partial charge in [0.25, 0.3) is 0 Å². The molecule has 1 fully saturated rings. The first-order valence-electron chi connectivity index (χ1n) is 9.21. The van der Waals surface area contributed by atoms with Crippen LogP contribution in [0.2, 0.25) is 5.02 Å². The van der Waals surface area contributed by atoms with E-state index in [4.69, 9.17) is 17.3 Å². The van der Waals surface area contributed by atoms with Crippen molar-refractivity contribution in [2.45, 2.75) is 6.92 Å². The molecule has 29 heavy (non-hydrogen) atoms. The molecule has 0 saturated carbocycles. The van der Waals surface area contributed by atoms with Gasteiger partial charge in [0.15, 0.2) is 5.82 Å². The van der Waals surface area contributed by atoms with E-state index in [1.54, 1.807) is 23.1 Å². The Morgan fingerprint density at radius 1 is 1.31 bits per heavy atom. The molecule has 4 rings (SSSR count). The van der Waals surface area contributed by atoms with Crippen LogP contribution in [0.4, 0.5) is 15.1 Å². The van der Waals surface area contributed by atoms with Gasteiger partial charge in [-0.15, -0.1) is 0 Å². The molecule has 5 nitrogen and oxygen atoms in total. The minimum absolute atomic E-state index is 0.0740. The molecule has 1 aliphatic heterocycles. The molecular formula is C21H20ClFN4OS. The summed E-state index contributed by atoms with van der Waals surface area (Å²) in [5, 5.41) is 1.87. The van der Waals surface area contributed by atoms with Gasteiger partial charge < -0.3 is 15.5 Å². The van der Waals surface area contributed by atoms with Crippen LogP contribution in [0.15, 0.2) is 36.9 Å². The van der Waals surface area contributed by atoms with Gasteiger partial charge in [-0.25, -0.2) is 4.39 Å². The highest BCUT2D eigenvalue weighted by atomic mass is 35.5. The van der Waals surface area contributed by atoms with Crippen molar-refractivity contribution in [2.24, 2.45) is 0 Å². The monoisotopic (exact) mass is 430 g/mol. The molecule has 0 unspecified atom stereocenters. The SMILES string of the molecule is C=CC(=O)N1CCN(c2snc3c(F)c(-c4cc(N)ccc4C)c(Cl)cc23)CC1. The van der Waals surface area contributed by atoms with Crippen LogP contribution in [-0.4, -0.2) is 41.4 Å². The number of amides is 1. The van der Waals surface area contributed by atoms with Crippen LogP contribution < -0.4 is 10.6 Å². The number of halogens is 2. The van der Waals surface area contributed by atoms with Crippen LogP contribution in [0.1, 0.15) is 5.56 Å². The normalized spacial score (nSPS) is 14.4. The van der Waals surface area contributed by atoms with E-state index in [0.717, 1.165) is 10.6 Å². The smallest absolute Gasteiger partial charge is 0.246 e. The second-order valence-electron chi connectivity index (χ2n) is 7.02. The van der Waals surface area contributed by atoms with Gasteiger partial charge in [0.1, 0.15) is 10.5 Å². The number of nitrogens with zero attached hydrogens (tertiary/aromatic N) is 3. The second kappa shape index (κ2) is 7.65. The zero-order chi connectivity index (χ0) is 20.7. The largest absolute Gasteiger partial charge is 0.399 e. The van der Waals surface area contributed by atoms with E-state index in [-0.39, 0.29) is 5.91 Å². The molecule has 1 aromatic heterocycles. The molecule has 2 heterocycles. The third-order valence-corrected chi connectivity index (χ3v) is 6.45. The number of nitrogens with two attached hydrogens (primary N) is 1. The van der Waals surface area contributed by atoms with E-state index in [1.165, 1.54) is 17.6 Å². The lowest BCUT2D eigenvalue weighted by molar-refractivity contribution is -0.126. The zero-order valence-corrected chi connectivity index (χ0v) is 17.5. The van der Waals surface area contributed by atoms with Crippen LogP contribution in [0.5, 0.6) is 0 Å². The number of aryl methyl sites for hydroxylation is 1. The number of carbonyl (C=O) groups excluding carboxylic acids is 1. The quantitative estimate of drug-likeness (QED) is 0.491. The van der Waals surface area contributed by atoms with E-state index >= 15 is 4.39 Å². The molecule has 0 spiro atoms. The van der Waals surface area contributed by atoms with Crippen LogP contribution in [0, 0.1) is 12.7 Å². The van der Waals surface area contributed by atoms with Crippen molar-refractivity contribution >= 4 is 50.6 Å². The summed E-state index contributed by atoms with van der Waals surface area (Å²) in [6.07, 6.45) is 1.33. The minimum atomic E-state index is -0.441. The van der Waals surface area contributed by atoms with E-state index in [2.05, 4.69) is 15.9 Å². The summed E-state index contributed by atoms with van der Waals surface area (Å²) in [6.45, 7) is 7.89. The molecule has 8 heteroatoms. The Morgan fingerprint density at radius 2 is 2.03 bits per heavy atom. The van der Waals surface area contributed by atoms with Gasteiger partial charge in [-0.1, -0.05) is 24.2 Å². The van der Waals surface area contributed by atoms with Crippen molar-refractivity contribution in [3.63, 3.8) is 0 Å². The number of rotatable bonds is 3. The first-order chi connectivity index (χ1) is 13.9. The number of aromatic nitrogens is 1. The Labute approximate surface area is 177 Å². The summed E-state index contributed by atoms with van der Waals surface area (Å²) in [6, 6.07) is 7.13. The lowest BCUT2D eigenvalue weighted by Crippen LogP contribution is -2.48. The maximum atomic E-state index is 15.5. The summed E-state index contributed by atoms with van der Waals surface area (Å²) in [4.78, 5) is 15.7. The van der Waals surface area contributed by atoms with Crippen LogP contribution in [-0.2, 0) is 4.79 Å². The number of benzene rings is 2. The number of fused-ring (bicyclic) bond motifs is 1. The summed E-state index contributed by atoms with van der Waals surface area (Å²) < 4.78 is 19.8. The number of carbonyl (C=O) groups is 1. The lowest BCUT2D eigenvalue weighted by Gasteiger charge is -2.34. The fourth-order valence-electron chi connectivity index (χ4n) is 3.64. The van der Waals surface area contributed by atoms with E-state index in [9.17, 15) is 4.79 Å². The Kier molecular flexibility index (Phi) is 5.19. The Morgan fingerprint density at radius 3 is 2.72 bits per heavy atom. The Bertz CT molecular complexity index is 1120. The van der Waals surface area contributed by atoms with Gasteiger partial charge in [-0.2, -0.15) is 4.37 Å². The number of piperazine rings is 1. The average Bonchev–Trinajstić information content (AvgIpc) is 3.14. The topological polar surface area (TPSA) is 62.5 Å². The number of hydrogen-bond donors (Lipinski definition) is 1. The van der Waals surface area contributed by atoms with E-state index in [0.29, 0.717) is 58.9 Å². The maximum Gasteiger partial charge on any atom is 0.246 e. The maximum absolute atomic E-state index is 15.5. The molecular weight excluding hydrogens is 411 g/mol. The summed E-state index contributed by atoms with van der Waals surface area (Å²) in [5.41, 5.74) is 8.63. The predicted octanol–water partition coefficient (Wildman–Crippen LogP) is 4.48. The second-order valence-corrected chi connectivity index (χ2v) is 8.18. The van der Waals surface area contributed by atoms with Crippen LogP contribution in [0.25, 0.3) is 22.0 Å². The molecule has 150 valence electrons. The minimum Gasteiger partial charge on any atom is -0.399 e. The van der Waals surface area contributed by atoms with Crippen molar-refractivity contribution in [1.29, 1.82) is 0 Å². The predicted molar refractivity (Wildman–Crippen MR) is 118 cm³/mol. The highest BCUT2D eigenvalue weighted by molar-refractivity contribution is 7.11. The number of hydrogen-bond acceptors (Lipinski definition) is 5. The van der Waals surface area contributed by atoms with E-state index < -0.39 is 5.82 Å². The molecule has 0 aliphatic carbocycles. The Balaban J connectivity index is 1.73. The van der Waals surface area contributed by atoms with E-state index in [1.807, 2.05) is 13.0 Å².